The molecule has 0 unspecified atom stereocenters. The van der Waals surface area contributed by atoms with Gasteiger partial charge in [-0.1, -0.05) is 22.0 Å². The van der Waals surface area contributed by atoms with Crippen molar-refractivity contribution in [2.24, 2.45) is 0 Å². The van der Waals surface area contributed by atoms with Crippen molar-refractivity contribution in [3.05, 3.63) is 62.0 Å². The van der Waals surface area contributed by atoms with Gasteiger partial charge in [0.2, 0.25) is 0 Å². The van der Waals surface area contributed by atoms with Gasteiger partial charge in [0.15, 0.2) is 11.5 Å². The predicted molar refractivity (Wildman–Crippen MR) is 91.0 cm³/mol. The first-order valence-electron chi connectivity index (χ1n) is 6.17. The van der Waals surface area contributed by atoms with Crippen LogP contribution in [0.2, 0.25) is 0 Å². The quantitative estimate of drug-likeness (QED) is 0.616. The SMILES string of the molecule is O=C(NCc1nnc2ccccn12)c1cc(Br)ccc1I. The summed E-state index contributed by atoms with van der Waals surface area (Å²) in [6, 6.07) is 11.3. The number of carbonyl (C=O) groups is 1. The maximum absolute atomic E-state index is 12.3. The summed E-state index contributed by atoms with van der Waals surface area (Å²) < 4.78 is 3.63. The number of nitrogens with zero attached hydrogens (tertiary/aromatic N) is 3. The lowest BCUT2D eigenvalue weighted by atomic mass is 10.2. The van der Waals surface area contributed by atoms with Crippen molar-refractivity contribution in [3.8, 4) is 0 Å². The summed E-state index contributed by atoms with van der Waals surface area (Å²) in [7, 11) is 0. The molecule has 0 saturated carbocycles. The molecule has 0 saturated heterocycles. The zero-order valence-electron chi connectivity index (χ0n) is 10.8. The highest BCUT2D eigenvalue weighted by Gasteiger charge is 2.12. The van der Waals surface area contributed by atoms with Crippen LogP contribution in [0.3, 0.4) is 0 Å². The summed E-state index contributed by atoms with van der Waals surface area (Å²) in [6.45, 7) is 0.326. The van der Waals surface area contributed by atoms with Crippen LogP contribution in [0.4, 0.5) is 0 Å². The molecule has 7 heteroatoms. The first kappa shape index (κ1) is 14.5. The summed E-state index contributed by atoms with van der Waals surface area (Å²) in [5.41, 5.74) is 1.40. The Labute approximate surface area is 143 Å². The van der Waals surface area contributed by atoms with Crippen molar-refractivity contribution in [2.75, 3.05) is 0 Å². The minimum absolute atomic E-state index is 0.131. The van der Waals surface area contributed by atoms with Crippen LogP contribution in [0.25, 0.3) is 5.65 Å². The number of carbonyl (C=O) groups excluding carboxylic acids is 1. The highest BCUT2D eigenvalue weighted by atomic mass is 127. The number of benzene rings is 1. The maximum atomic E-state index is 12.3. The number of aromatic nitrogens is 3. The Morgan fingerprint density at radius 1 is 1.29 bits per heavy atom. The Bertz CT molecular complexity index is 818. The van der Waals surface area contributed by atoms with Crippen molar-refractivity contribution in [2.45, 2.75) is 6.54 Å². The largest absolute Gasteiger partial charge is 0.345 e. The first-order chi connectivity index (χ1) is 10.1. The minimum Gasteiger partial charge on any atom is -0.345 e. The molecule has 2 heterocycles. The summed E-state index contributed by atoms with van der Waals surface area (Å²) in [4.78, 5) is 12.3. The predicted octanol–water partition coefficient (Wildman–Crippen LogP) is 3.03. The lowest BCUT2D eigenvalue weighted by Gasteiger charge is -2.06. The molecule has 5 nitrogen and oxygen atoms in total. The number of halogens is 2. The van der Waals surface area contributed by atoms with E-state index in [-0.39, 0.29) is 5.91 Å². The fourth-order valence-corrected chi connectivity index (χ4v) is 2.88. The van der Waals surface area contributed by atoms with Gasteiger partial charge in [-0.15, -0.1) is 10.2 Å². The molecule has 0 aliphatic rings. The van der Waals surface area contributed by atoms with E-state index in [1.54, 1.807) is 6.07 Å². The molecule has 0 bridgehead atoms. The molecule has 0 aliphatic carbocycles. The van der Waals surface area contributed by atoms with Crippen LogP contribution < -0.4 is 5.32 Å². The van der Waals surface area contributed by atoms with Crippen LogP contribution in [-0.2, 0) is 6.54 Å². The van der Waals surface area contributed by atoms with Crippen molar-refractivity contribution < 1.29 is 4.79 Å². The molecule has 0 atom stereocenters. The second-order valence-corrected chi connectivity index (χ2v) is 6.43. The van der Waals surface area contributed by atoms with Gasteiger partial charge in [-0.05, 0) is 52.9 Å². The van der Waals surface area contributed by atoms with Gasteiger partial charge in [0.25, 0.3) is 5.91 Å². The lowest BCUT2D eigenvalue weighted by molar-refractivity contribution is 0.0949. The monoisotopic (exact) mass is 456 g/mol. The van der Waals surface area contributed by atoms with Gasteiger partial charge in [-0.2, -0.15) is 0 Å². The van der Waals surface area contributed by atoms with E-state index in [2.05, 4.69) is 54.0 Å². The zero-order valence-corrected chi connectivity index (χ0v) is 14.5. The van der Waals surface area contributed by atoms with Crippen molar-refractivity contribution in [1.82, 2.24) is 19.9 Å². The molecular formula is C14H10BrIN4O. The molecule has 2 aromatic heterocycles. The summed E-state index contributed by atoms with van der Waals surface area (Å²) in [5.74, 6) is 0.567. The zero-order chi connectivity index (χ0) is 14.8. The van der Waals surface area contributed by atoms with E-state index in [1.807, 2.05) is 40.9 Å². The van der Waals surface area contributed by atoms with Gasteiger partial charge in [-0.25, -0.2) is 0 Å². The van der Waals surface area contributed by atoms with Gasteiger partial charge in [0.1, 0.15) is 0 Å². The molecule has 21 heavy (non-hydrogen) atoms. The molecule has 3 rings (SSSR count). The Balaban J connectivity index is 1.78. The van der Waals surface area contributed by atoms with Crippen LogP contribution in [0, 0.1) is 3.57 Å². The number of hydrogen-bond acceptors (Lipinski definition) is 3. The van der Waals surface area contributed by atoms with Crippen LogP contribution in [0.5, 0.6) is 0 Å². The number of rotatable bonds is 3. The number of nitrogens with one attached hydrogen (secondary N) is 1. The van der Waals surface area contributed by atoms with Crippen LogP contribution >= 0.6 is 38.5 Å². The highest BCUT2D eigenvalue weighted by molar-refractivity contribution is 14.1. The molecule has 0 spiro atoms. The van der Waals surface area contributed by atoms with Gasteiger partial charge in [0, 0.05) is 14.2 Å². The number of fused-ring (bicyclic) bond motifs is 1. The third-order valence-electron chi connectivity index (χ3n) is 2.96. The fourth-order valence-electron chi connectivity index (χ4n) is 1.94. The van der Waals surface area contributed by atoms with E-state index < -0.39 is 0 Å². The van der Waals surface area contributed by atoms with E-state index in [9.17, 15) is 4.79 Å². The van der Waals surface area contributed by atoms with Gasteiger partial charge in [0.05, 0.1) is 12.1 Å². The molecule has 0 radical (unpaired) electrons. The fraction of sp³-hybridized carbons (Fsp3) is 0.0714. The standard InChI is InChI=1S/C14H10BrIN4O/c15-9-4-5-11(16)10(7-9)14(21)17-8-13-19-18-12-3-1-2-6-20(12)13/h1-7H,8H2,(H,17,21). The van der Waals surface area contributed by atoms with Crippen LogP contribution in [-0.4, -0.2) is 20.5 Å². The molecule has 0 fully saturated rings. The lowest BCUT2D eigenvalue weighted by Crippen LogP contribution is -2.24. The smallest absolute Gasteiger partial charge is 0.252 e. The van der Waals surface area contributed by atoms with Gasteiger partial charge >= 0.3 is 0 Å². The number of amides is 1. The summed E-state index contributed by atoms with van der Waals surface area (Å²) in [6.07, 6.45) is 1.87. The van der Waals surface area contributed by atoms with Crippen molar-refractivity contribution >= 4 is 50.1 Å². The van der Waals surface area contributed by atoms with Crippen LogP contribution in [0.1, 0.15) is 16.2 Å². The number of hydrogen-bond donors (Lipinski definition) is 1. The van der Waals surface area contributed by atoms with Crippen molar-refractivity contribution in [3.63, 3.8) is 0 Å². The number of pyridine rings is 1. The maximum Gasteiger partial charge on any atom is 0.252 e. The van der Waals surface area contributed by atoms with E-state index in [4.69, 9.17) is 0 Å². The Hall–Kier alpha value is -1.48. The molecular weight excluding hydrogens is 447 g/mol. The summed E-state index contributed by atoms with van der Waals surface area (Å²) in [5, 5.41) is 11.0. The van der Waals surface area contributed by atoms with E-state index in [1.165, 1.54) is 0 Å². The Kier molecular flexibility index (Phi) is 4.20. The molecule has 0 aliphatic heterocycles. The van der Waals surface area contributed by atoms with Gasteiger partial charge in [-0.3, -0.25) is 9.20 Å². The topological polar surface area (TPSA) is 59.3 Å². The first-order valence-corrected chi connectivity index (χ1v) is 8.04. The van der Waals surface area contributed by atoms with Crippen molar-refractivity contribution in [1.29, 1.82) is 0 Å². The summed E-state index contributed by atoms with van der Waals surface area (Å²) >= 11 is 5.52. The normalized spacial score (nSPS) is 10.8. The van der Waals surface area contributed by atoms with E-state index in [0.717, 1.165) is 13.7 Å². The molecule has 3 aromatic rings. The molecule has 1 aromatic carbocycles. The van der Waals surface area contributed by atoms with Gasteiger partial charge < -0.3 is 5.32 Å². The molecule has 1 N–H and O–H groups in total. The Morgan fingerprint density at radius 2 is 2.14 bits per heavy atom. The van der Waals surface area contributed by atoms with E-state index >= 15 is 0 Å². The highest BCUT2D eigenvalue weighted by Crippen LogP contribution is 2.18. The third-order valence-corrected chi connectivity index (χ3v) is 4.40. The third kappa shape index (κ3) is 3.08. The van der Waals surface area contributed by atoms with Crippen LogP contribution in [0.15, 0.2) is 47.1 Å². The van der Waals surface area contributed by atoms with E-state index in [0.29, 0.717) is 17.9 Å². The second-order valence-electron chi connectivity index (χ2n) is 4.35. The minimum atomic E-state index is -0.131. The Morgan fingerprint density at radius 3 is 3.00 bits per heavy atom. The average Bonchev–Trinajstić information content (AvgIpc) is 2.90. The molecule has 106 valence electrons. The average molecular weight is 457 g/mol. The molecule has 1 amide bonds. The second kappa shape index (κ2) is 6.10.